The summed E-state index contributed by atoms with van der Waals surface area (Å²) in [6.45, 7) is 19.3. The van der Waals surface area contributed by atoms with Gasteiger partial charge >= 0.3 is 17.8 Å². The molecule has 0 saturated carbocycles. The molecule has 0 amide bonds. The molecular weight excluding hydrogens is 815 g/mol. The monoisotopic (exact) mass is 852 g/mol. The van der Waals surface area contributed by atoms with Gasteiger partial charge in [-0.3, -0.25) is 0 Å². The molecule has 0 unspecified atom stereocenters. The Kier molecular flexibility index (Phi) is 10.4. The number of benzene rings is 2. The van der Waals surface area contributed by atoms with E-state index in [0.717, 1.165) is 32.4 Å². The number of hydrogen-bond acceptors (Lipinski definition) is 6. The van der Waals surface area contributed by atoms with E-state index in [0.29, 0.717) is 42.1 Å². The SMILES string of the molecule is C=COc1ccc(-c2sc(-c3ccc(C(C)(C)C)s3)cc2C2=C(c3cc(-c4ccc(C(C)(C)C)s4)sc3-c3ccc(OC=C)cc3)C(F)(F)C(F)(F)C2(F)F)cc1. The van der Waals surface area contributed by atoms with E-state index >= 15 is 26.3 Å². The van der Waals surface area contributed by atoms with E-state index in [4.69, 9.17) is 9.47 Å². The number of halogens is 6. The first kappa shape index (κ1) is 40.8. The summed E-state index contributed by atoms with van der Waals surface area (Å²) in [5.74, 6) is -15.5. The molecule has 0 fully saturated rings. The van der Waals surface area contributed by atoms with Crippen LogP contribution in [0, 0.1) is 0 Å². The van der Waals surface area contributed by atoms with Gasteiger partial charge in [-0.1, -0.05) is 54.7 Å². The molecule has 4 heterocycles. The summed E-state index contributed by atoms with van der Waals surface area (Å²) in [4.78, 5) is 4.63. The molecule has 1 aliphatic carbocycles. The van der Waals surface area contributed by atoms with Crippen molar-refractivity contribution in [3.8, 4) is 51.9 Å². The predicted molar refractivity (Wildman–Crippen MR) is 227 cm³/mol. The second kappa shape index (κ2) is 14.5. The summed E-state index contributed by atoms with van der Waals surface area (Å²) in [7, 11) is 0. The normalized spacial score (nSPS) is 16.2. The fourth-order valence-electron chi connectivity index (χ4n) is 6.57. The van der Waals surface area contributed by atoms with Gasteiger partial charge in [0.15, 0.2) is 0 Å². The minimum absolute atomic E-state index is 0.137. The van der Waals surface area contributed by atoms with E-state index in [-0.39, 0.29) is 20.6 Å². The maximum absolute atomic E-state index is 16.7. The third-order valence-electron chi connectivity index (χ3n) is 9.52. The molecule has 7 rings (SSSR count). The molecule has 0 saturated heterocycles. The second-order valence-corrected chi connectivity index (χ2v) is 19.9. The maximum Gasteiger partial charge on any atom is 0.380 e. The van der Waals surface area contributed by atoms with Gasteiger partial charge in [-0.05, 0) is 107 Å². The van der Waals surface area contributed by atoms with Crippen LogP contribution in [-0.4, -0.2) is 17.8 Å². The molecular formula is C45H38F6O2S4. The first-order valence-electron chi connectivity index (χ1n) is 17.8. The van der Waals surface area contributed by atoms with Crippen molar-refractivity contribution in [3.63, 3.8) is 0 Å². The van der Waals surface area contributed by atoms with Gasteiger partial charge in [0, 0.05) is 61.3 Å². The average Bonchev–Trinajstić information content (AvgIpc) is 3.97. The molecule has 0 radical (unpaired) electrons. The van der Waals surface area contributed by atoms with E-state index < -0.39 is 40.0 Å². The lowest BCUT2D eigenvalue weighted by molar-refractivity contribution is -0.254. The van der Waals surface area contributed by atoms with E-state index in [1.165, 1.54) is 47.3 Å². The van der Waals surface area contributed by atoms with Crippen molar-refractivity contribution in [1.82, 2.24) is 0 Å². The van der Waals surface area contributed by atoms with Gasteiger partial charge in [0.2, 0.25) is 0 Å². The molecule has 2 nitrogen and oxygen atoms in total. The zero-order valence-corrected chi connectivity index (χ0v) is 35.1. The predicted octanol–water partition coefficient (Wildman–Crippen LogP) is 16.1. The zero-order valence-electron chi connectivity index (χ0n) is 31.9. The smallest absolute Gasteiger partial charge is 0.380 e. The van der Waals surface area contributed by atoms with Crippen LogP contribution in [0.25, 0.3) is 51.5 Å². The molecule has 12 heteroatoms. The quantitative estimate of drug-likeness (QED) is 0.101. The van der Waals surface area contributed by atoms with Crippen molar-refractivity contribution in [3.05, 3.63) is 131 Å². The molecule has 0 atom stereocenters. The number of rotatable bonds is 10. The van der Waals surface area contributed by atoms with Crippen LogP contribution in [0.1, 0.15) is 62.4 Å². The molecule has 0 aliphatic heterocycles. The van der Waals surface area contributed by atoms with Crippen molar-refractivity contribution in [2.24, 2.45) is 0 Å². The highest BCUT2D eigenvalue weighted by Gasteiger charge is 2.80. The Bertz CT molecular complexity index is 2330. The average molecular weight is 853 g/mol. The summed E-state index contributed by atoms with van der Waals surface area (Å²) in [6, 6.07) is 22.9. The highest BCUT2D eigenvalue weighted by Crippen LogP contribution is 2.67. The van der Waals surface area contributed by atoms with Crippen molar-refractivity contribution < 1.29 is 35.8 Å². The zero-order chi connectivity index (χ0) is 41.3. The molecule has 0 bridgehead atoms. The Labute approximate surface area is 344 Å². The number of hydrogen-bond donors (Lipinski definition) is 0. The van der Waals surface area contributed by atoms with Gasteiger partial charge < -0.3 is 9.47 Å². The number of allylic oxidation sites excluding steroid dienone is 2. The summed E-state index contributed by atoms with van der Waals surface area (Å²) >= 11 is 5.03. The number of ether oxygens (including phenoxy) is 2. The Morgan fingerprint density at radius 3 is 1.14 bits per heavy atom. The Balaban J connectivity index is 1.55. The topological polar surface area (TPSA) is 18.5 Å². The summed E-state index contributed by atoms with van der Waals surface area (Å²) in [5, 5.41) is 0. The van der Waals surface area contributed by atoms with Gasteiger partial charge in [0.05, 0.1) is 12.5 Å². The molecule has 2 aromatic carbocycles. The third kappa shape index (κ3) is 7.12. The fraction of sp³-hybridized carbons (Fsp3) is 0.244. The Hall–Kier alpha value is -4.36. The minimum Gasteiger partial charge on any atom is -0.466 e. The Morgan fingerprint density at radius 2 is 0.842 bits per heavy atom. The van der Waals surface area contributed by atoms with Crippen LogP contribution < -0.4 is 9.47 Å². The first-order chi connectivity index (χ1) is 26.7. The Morgan fingerprint density at radius 1 is 0.491 bits per heavy atom. The van der Waals surface area contributed by atoms with Gasteiger partial charge in [-0.15, -0.1) is 45.3 Å². The standard InChI is InChI=1S/C45H38F6O2S4/c1-9-52-27-15-11-25(12-16-27)39-29(23-33(56-39)31-19-21-35(54-31)41(3,4)5)37-38(44(48,49)45(50,51)43(37,46)47)30-24-34(32-20-22-36(55-32)42(6,7)8)57-40(30)26-13-17-28(18-14-26)53-10-2/h9-24H,1-2H2,3-8H3. The molecule has 0 N–H and O–H groups in total. The van der Waals surface area contributed by atoms with Gasteiger partial charge in [0.1, 0.15) is 11.5 Å². The third-order valence-corrected chi connectivity index (χ3v) is 15.3. The van der Waals surface area contributed by atoms with Crippen LogP contribution in [0.2, 0.25) is 0 Å². The van der Waals surface area contributed by atoms with Crippen LogP contribution in [-0.2, 0) is 10.8 Å². The largest absolute Gasteiger partial charge is 0.466 e. The van der Waals surface area contributed by atoms with E-state index in [9.17, 15) is 0 Å². The summed E-state index contributed by atoms with van der Waals surface area (Å²) in [6.07, 6.45) is 2.45. The summed E-state index contributed by atoms with van der Waals surface area (Å²) < 4.78 is 110. The number of alkyl halides is 6. The lowest BCUT2D eigenvalue weighted by atomic mass is 9.92. The van der Waals surface area contributed by atoms with Crippen LogP contribution >= 0.6 is 45.3 Å². The lowest BCUT2D eigenvalue weighted by Gasteiger charge is -2.26. The van der Waals surface area contributed by atoms with Gasteiger partial charge in [-0.2, -0.15) is 26.3 Å². The van der Waals surface area contributed by atoms with E-state index in [1.807, 2.05) is 65.8 Å². The van der Waals surface area contributed by atoms with Crippen molar-refractivity contribution in [2.45, 2.75) is 70.1 Å². The van der Waals surface area contributed by atoms with Crippen LogP contribution in [0.4, 0.5) is 26.3 Å². The highest BCUT2D eigenvalue weighted by molar-refractivity contribution is 7.24. The lowest BCUT2D eigenvalue weighted by Crippen LogP contribution is -2.48. The second-order valence-electron chi connectivity index (χ2n) is 15.6. The minimum atomic E-state index is -5.77. The molecule has 0 spiro atoms. The fourth-order valence-corrected chi connectivity index (χ4v) is 11.2. The van der Waals surface area contributed by atoms with E-state index in [1.54, 1.807) is 48.5 Å². The molecule has 57 heavy (non-hydrogen) atoms. The van der Waals surface area contributed by atoms with Crippen molar-refractivity contribution in [2.75, 3.05) is 0 Å². The van der Waals surface area contributed by atoms with Gasteiger partial charge in [-0.25, -0.2) is 0 Å². The first-order valence-corrected chi connectivity index (χ1v) is 21.1. The molecule has 1 aliphatic rings. The van der Waals surface area contributed by atoms with Crippen molar-refractivity contribution >= 4 is 56.5 Å². The molecule has 296 valence electrons. The van der Waals surface area contributed by atoms with Crippen LogP contribution in [0.5, 0.6) is 11.5 Å². The van der Waals surface area contributed by atoms with Crippen LogP contribution in [0.3, 0.4) is 0 Å². The summed E-state index contributed by atoms with van der Waals surface area (Å²) in [5.41, 5.74) is -3.34. The molecule has 4 aromatic heterocycles. The van der Waals surface area contributed by atoms with Crippen LogP contribution in [0.15, 0.2) is 111 Å². The number of thiophene rings is 4. The van der Waals surface area contributed by atoms with Gasteiger partial charge in [0.25, 0.3) is 0 Å². The van der Waals surface area contributed by atoms with Crippen molar-refractivity contribution in [1.29, 1.82) is 0 Å². The van der Waals surface area contributed by atoms with E-state index in [2.05, 4.69) is 13.2 Å². The maximum atomic E-state index is 16.7. The molecule has 6 aromatic rings. The highest BCUT2D eigenvalue weighted by atomic mass is 32.1.